The molecule has 0 heterocycles. The lowest BCUT2D eigenvalue weighted by Crippen LogP contribution is -2.32. The van der Waals surface area contributed by atoms with Crippen LogP contribution >= 0.6 is 0 Å². The van der Waals surface area contributed by atoms with Crippen molar-refractivity contribution in [3.63, 3.8) is 0 Å². The summed E-state index contributed by atoms with van der Waals surface area (Å²) in [5.41, 5.74) is 0.997. The molecule has 0 aromatic heterocycles. The molecule has 0 bridgehead atoms. The molecule has 1 saturated carbocycles. The van der Waals surface area contributed by atoms with Crippen molar-refractivity contribution in [3.05, 3.63) is 29.8 Å². The lowest BCUT2D eigenvalue weighted by Gasteiger charge is -2.23. The fourth-order valence-electron chi connectivity index (χ4n) is 2.49. The van der Waals surface area contributed by atoms with Gasteiger partial charge in [-0.05, 0) is 30.5 Å². The highest BCUT2D eigenvalue weighted by molar-refractivity contribution is 5.77. The van der Waals surface area contributed by atoms with E-state index in [0.29, 0.717) is 6.54 Å². The van der Waals surface area contributed by atoms with E-state index in [1.807, 2.05) is 12.1 Å². The maximum atomic E-state index is 12.0. The van der Waals surface area contributed by atoms with Gasteiger partial charge in [0, 0.05) is 13.6 Å². The Labute approximate surface area is 120 Å². The Balaban J connectivity index is 1.75. The number of aromatic hydroxyl groups is 1. The summed E-state index contributed by atoms with van der Waals surface area (Å²) in [5, 5.41) is 9.23. The number of phenolic OH excluding ortho intramolecular Hbond substituents is 1. The van der Waals surface area contributed by atoms with Gasteiger partial charge < -0.3 is 14.7 Å². The van der Waals surface area contributed by atoms with Crippen molar-refractivity contribution in [1.29, 1.82) is 0 Å². The molecule has 0 saturated heterocycles. The summed E-state index contributed by atoms with van der Waals surface area (Å²) in [6.07, 6.45) is 6.12. The monoisotopic (exact) mass is 277 g/mol. The first-order valence-electron chi connectivity index (χ1n) is 7.28. The van der Waals surface area contributed by atoms with E-state index in [1.54, 1.807) is 24.1 Å². The summed E-state index contributed by atoms with van der Waals surface area (Å²) >= 11 is 0. The highest BCUT2D eigenvalue weighted by Crippen LogP contribution is 2.20. The van der Waals surface area contributed by atoms with E-state index in [4.69, 9.17) is 4.74 Å². The number of rotatable bonds is 5. The maximum absolute atomic E-state index is 12.0. The van der Waals surface area contributed by atoms with Crippen LogP contribution in [0.3, 0.4) is 0 Å². The zero-order valence-corrected chi connectivity index (χ0v) is 12.0. The van der Waals surface area contributed by atoms with Gasteiger partial charge >= 0.3 is 0 Å². The number of benzene rings is 1. The topological polar surface area (TPSA) is 49.8 Å². The van der Waals surface area contributed by atoms with Gasteiger partial charge in [0.05, 0.1) is 6.10 Å². The van der Waals surface area contributed by atoms with E-state index in [9.17, 15) is 9.90 Å². The zero-order valence-electron chi connectivity index (χ0n) is 12.0. The van der Waals surface area contributed by atoms with Gasteiger partial charge in [-0.3, -0.25) is 4.79 Å². The minimum Gasteiger partial charge on any atom is -0.508 e. The molecule has 1 aromatic rings. The fraction of sp³-hybridized carbons (Fsp3) is 0.562. The van der Waals surface area contributed by atoms with E-state index < -0.39 is 0 Å². The van der Waals surface area contributed by atoms with Crippen LogP contribution in [0.4, 0.5) is 0 Å². The summed E-state index contributed by atoms with van der Waals surface area (Å²) < 4.78 is 5.69. The van der Waals surface area contributed by atoms with Crippen LogP contribution in [0.1, 0.15) is 37.7 Å². The minimum atomic E-state index is 0.00338. The zero-order chi connectivity index (χ0) is 14.4. The Morgan fingerprint density at radius 3 is 2.55 bits per heavy atom. The lowest BCUT2D eigenvalue weighted by molar-refractivity contribution is -0.138. The SMILES string of the molecule is CN(Cc1ccc(O)cc1)C(=O)COC1CCCCC1. The molecule has 0 aliphatic heterocycles. The number of carbonyl (C=O) groups is 1. The van der Waals surface area contributed by atoms with Crippen molar-refractivity contribution < 1.29 is 14.6 Å². The molecule has 1 aliphatic carbocycles. The number of hydrogen-bond donors (Lipinski definition) is 1. The molecule has 0 radical (unpaired) electrons. The van der Waals surface area contributed by atoms with Crippen molar-refractivity contribution >= 4 is 5.91 Å². The van der Waals surface area contributed by atoms with E-state index in [0.717, 1.165) is 18.4 Å². The van der Waals surface area contributed by atoms with Crippen LogP contribution in [0.25, 0.3) is 0 Å². The largest absolute Gasteiger partial charge is 0.508 e. The molecule has 0 atom stereocenters. The van der Waals surface area contributed by atoms with Gasteiger partial charge in [0.15, 0.2) is 0 Å². The number of carbonyl (C=O) groups excluding carboxylic acids is 1. The van der Waals surface area contributed by atoms with Crippen LogP contribution in [-0.4, -0.2) is 35.7 Å². The summed E-state index contributed by atoms with van der Waals surface area (Å²) in [7, 11) is 1.78. The Kier molecular flexibility index (Phi) is 5.41. The van der Waals surface area contributed by atoms with Crippen molar-refractivity contribution in [2.45, 2.75) is 44.8 Å². The first-order chi connectivity index (χ1) is 9.65. The van der Waals surface area contributed by atoms with Crippen molar-refractivity contribution in [2.75, 3.05) is 13.7 Å². The molecule has 1 amide bonds. The smallest absolute Gasteiger partial charge is 0.248 e. The third-order valence-electron chi connectivity index (χ3n) is 3.78. The third kappa shape index (κ3) is 4.53. The quantitative estimate of drug-likeness (QED) is 0.900. The molecule has 0 unspecified atom stereocenters. The third-order valence-corrected chi connectivity index (χ3v) is 3.78. The Bertz CT molecular complexity index is 424. The van der Waals surface area contributed by atoms with Gasteiger partial charge in [0.25, 0.3) is 0 Å². The van der Waals surface area contributed by atoms with Crippen LogP contribution in [0.15, 0.2) is 24.3 Å². The normalized spacial score (nSPS) is 16.1. The molecule has 2 rings (SSSR count). The average molecular weight is 277 g/mol. The Hall–Kier alpha value is -1.55. The first kappa shape index (κ1) is 14.9. The molecular formula is C16H23NO3. The standard InChI is InChI=1S/C16H23NO3/c1-17(11-13-7-9-14(18)10-8-13)16(19)12-20-15-5-3-2-4-6-15/h7-10,15,18H,2-6,11-12H2,1H3. The van der Waals surface area contributed by atoms with Gasteiger partial charge in [0.2, 0.25) is 5.91 Å². The van der Waals surface area contributed by atoms with E-state index in [2.05, 4.69) is 0 Å². The number of likely N-dealkylation sites (N-methyl/N-ethyl adjacent to an activating group) is 1. The summed E-state index contributed by atoms with van der Waals surface area (Å²) in [4.78, 5) is 13.7. The van der Waals surface area contributed by atoms with Crippen LogP contribution in [0.5, 0.6) is 5.75 Å². The second-order valence-corrected chi connectivity index (χ2v) is 5.49. The number of amides is 1. The van der Waals surface area contributed by atoms with Gasteiger partial charge in [-0.15, -0.1) is 0 Å². The van der Waals surface area contributed by atoms with Gasteiger partial charge in [0.1, 0.15) is 12.4 Å². The molecule has 1 fully saturated rings. The number of ether oxygens (including phenoxy) is 1. The predicted octanol–water partition coefficient (Wildman–Crippen LogP) is 2.70. The Morgan fingerprint density at radius 1 is 1.25 bits per heavy atom. The molecule has 4 nitrogen and oxygen atoms in total. The molecule has 0 spiro atoms. The van der Waals surface area contributed by atoms with E-state index in [-0.39, 0.29) is 24.4 Å². The summed E-state index contributed by atoms with van der Waals surface area (Å²) in [5.74, 6) is 0.243. The molecule has 1 N–H and O–H groups in total. The van der Waals surface area contributed by atoms with Gasteiger partial charge in [-0.2, -0.15) is 0 Å². The lowest BCUT2D eigenvalue weighted by atomic mass is 9.98. The predicted molar refractivity (Wildman–Crippen MR) is 77.4 cm³/mol. The van der Waals surface area contributed by atoms with Crippen molar-refractivity contribution in [3.8, 4) is 5.75 Å². The summed E-state index contributed by atoms with van der Waals surface area (Å²) in [6, 6.07) is 6.90. The van der Waals surface area contributed by atoms with Crippen LogP contribution < -0.4 is 0 Å². The highest BCUT2D eigenvalue weighted by Gasteiger charge is 2.16. The van der Waals surface area contributed by atoms with Crippen LogP contribution in [0.2, 0.25) is 0 Å². The van der Waals surface area contributed by atoms with Gasteiger partial charge in [-0.25, -0.2) is 0 Å². The number of hydrogen-bond acceptors (Lipinski definition) is 3. The molecular weight excluding hydrogens is 254 g/mol. The van der Waals surface area contributed by atoms with Gasteiger partial charge in [-0.1, -0.05) is 31.4 Å². The van der Waals surface area contributed by atoms with E-state index in [1.165, 1.54) is 19.3 Å². The summed E-state index contributed by atoms with van der Waals surface area (Å²) in [6.45, 7) is 0.701. The molecule has 110 valence electrons. The van der Waals surface area contributed by atoms with Crippen molar-refractivity contribution in [2.24, 2.45) is 0 Å². The molecule has 4 heteroatoms. The Morgan fingerprint density at radius 2 is 1.90 bits per heavy atom. The van der Waals surface area contributed by atoms with E-state index >= 15 is 0 Å². The molecule has 1 aromatic carbocycles. The van der Waals surface area contributed by atoms with Crippen LogP contribution in [-0.2, 0) is 16.1 Å². The van der Waals surface area contributed by atoms with Crippen LogP contribution in [0, 0.1) is 0 Å². The molecule has 1 aliphatic rings. The molecule has 20 heavy (non-hydrogen) atoms. The number of phenols is 1. The second kappa shape index (κ2) is 7.29. The maximum Gasteiger partial charge on any atom is 0.248 e. The second-order valence-electron chi connectivity index (χ2n) is 5.49. The first-order valence-corrected chi connectivity index (χ1v) is 7.28. The van der Waals surface area contributed by atoms with Crippen molar-refractivity contribution in [1.82, 2.24) is 4.90 Å². The minimum absolute atomic E-state index is 0.00338. The average Bonchev–Trinajstić information content (AvgIpc) is 2.48. The highest BCUT2D eigenvalue weighted by atomic mass is 16.5. The fourth-order valence-corrected chi connectivity index (χ4v) is 2.49. The number of nitrogens with zero attached hydrogens (tertiary/aromatic N) is 1.